The molecule has 1 heterocycles. The van der Waals surface area contributed by atoms with Crippen molar-refractivity contribution in [3.8, 4) is 11.5 Å². The number of carbonyl (C=O) groups excluding carboxylic acids is 1. The topological polar surface area (TPSA) is 96.3 Å². The number of carboxylic acids is 1. The van der Waals surface area contributed by atoms with Gasteiger partial charge in [0, 0.05) is 17.3 Å². The number of benzene rings is 4. The summed E-state index contributed by atoms with van der Waals surface area (Å²) in [5.41, 5.74) is 2.60. The van der Waals surface area contributed by atoms with Crippen LogP contribution >= 0.6 is 0 Å². The van der Waals surface area contributed by atoms with Crippen molar-refractivity contribution < 1.29 is 38.1 Å². The van der Waals surface area contributed by atoms with Gasteiger partial charge in [-0.2, -0.15) is 0 Å². The number of carbonyl (C=O) groups is 2. The third-order valence-electron chi connectivity index (χ3n) is 7.23. The molecular weight excluding hydrogens is 544 g/mol. The molecule has 42 heavy (non-hydrogen) atoms. The third kappa shape index (κ3) is 6.58. The summed E-state index contributed by atoms with van der Waals surface area (Å²) in [7, 11) is 0. The molecule has 0 spiro atoms. The number of anilines is 1. The number of β-lactam (4-membered cyclic amide) rings is 1. The Morgan fingerprint density at radius 3 is 2.21 bits per heavy atom. The number of hydrogen-bond acceptors (Lipinski definition) is 5. The summed E-state index contributed by atoms with van der Waals surface area (Å²) in [5.74, 6) is -2.03. The molecule has 4 aromatic carbocycles. The van der Waals surface area contributed by atoms with E-state index in [1.807, 2.05) is 30.3 Å². The lowest BCUT2D eigenvalue weighted by molar-refractivity contribution is -0.139. The SMILES string of the molecule is O=C(O)COc1ccc([C@@H]2[C@@H](CC[C@H](O)c3ccc(F)cc3)C(=O)N2c2ccc(F)cc2)c(OCc2ccccc2)c1. The Labute approximate surface area is 241 Å². The molecule has 0 aromatic heterocycles. The molecule has 0 unspecified atom stereocenters. The average Bonchev–Trinajstić information content (AvgIpc) is 2.99. The Balaban J connectivity index is 1.46. The molecule has 0 radical (unpaired) electrons. The minimum atomic E-state index is -1.13. The second-order valence-electron chi connectivity index (χ2n) is 10.0. The van der Waals surface area contributed by atoms with Crippen LogP contribution in [0.2, 0.25) is 0 Å². The first-order chi connectivity index (χ1) is 20.3. The molecule has 1 saturated heterocycles. The van der Waals surface area contributed by atoms with Gasteiger partial charge in [0.05, 0.1) is 18.1 Å². The smallest absolute Gasteiger partial charge is 0.341 e. The number of amides is 1. The van der Waals surface area contributed by atoms with Crippen molar-refractivity contribution in [2.75, 3.05) is 11.5 Å². The van der Waals surface area contributed by atoms with Gasteiger partial charge >= 0.3 is 5.97 Å². The van der Waals surface area contributed by atoms with Crippen LogP contribution in [0.5, 0.6) is 11.5 Å². The second kappa shape index (κ2) is 12.8. The molecule has 1 amide bonds. The zero-order valence-corrected chi connectivity index (χ0v) is 22.5. The van der Waals surface area contributed by atoms with Crippen LogP contribution < -0.4 is 14.4 Å². The van der Waals surface area contributed by atoms with Crippen LogP contribution in [-0.4, -0.2) is 28.7 Å². The lowest BCUT2D eigenvalue weighted by Crippen LogP contribution is -2.55. The van der Waals surface area contributed by atoms with E-state index in [2.05, 4.69) is 0 Å². The maximum absolute atomic E-state index is 13.7. The van der Waals surface area contributed by atoms with Crippen LogP contribution in [0.3, 0.4) is 0 Å². The predicted octanol–water partition coefficient (Wildman–Crippen LogP) is 6.23. The van der Waals surface area contributed by atoms with Crippen molar-refractivity contribution >= 4 is 17.6 Å². The average molecular weight is 574 g/mol. The van der Waals surface area contributed by atoms with Gasteiger partial charge in [0.1, 0.15) is 29.7 Å². The molecule has 1 fully saturated rings. The van der Waals surface area contributed by atoms with Crippen LogP contribution in [-0.2, 0) is 16.2 Å². The van der Waals surface area contributed by atoms with E-state index in [-0.39, 0.29) is 24.7 Å². The van der Waals surface area contributed by atoms with Crippen LogP contribution in [0.15, 0.2) is 97.1 Å². The molecule has 3 atom stereocenters. The second-order valence-corrected chi connectivity index (χ2v) is 10.0. The number of halogens is 2. The van der Waals surface area contributed by atoms with Gasteiger partial charge in [-0.05, 0) is 72.5 Å². The van der Waals surface area contributed by atoms with Gasteiger partial charge in [-0.1, -0.05) is 42.5 Å². The van der Waals surface area contributed by atoms with E-state index in [0.717, 1.165) is 5.56 Å². The van der Waals surface area contributed by atoms with E-state index in [0.29, 0.717) is 29.0 Å². The number of aliphatic hydroxyl groups is 1. The Bertz CT molecular complexity index is 1530. The van der Waals surface area contributed by atoms with Crippen molar-refractivity contribution in [1.29, 1.82) is 0 Å². The minimum absolute atomic E-state index is 0.196. The highest BCUT2D eigenvalue weighted by molar-refractivity contribution is 6.03. The van der Waals surface area contributed by atoms with Gasteiger partial charge < -0.3 is 24.6 Å². The van der Waals surface area contributed by atoms with E-state index in [9.17, 15) is 23.5 Å². The lowest BCUT2D eigenvalue weighted by atomic mass is 9.78. The number of hydrogen-bond donors (Lipinski definition) is 2. The molecule has 1 aliphatic rings. The molecule has 0 saturated carbocycles. The molecule has 1 aliphatic heterocycles. The van der Waals surface area contributed by atoms with Gasteiger partial charge in [-0.3, -0.25) is 4.79 Å². The Hall–Kier alpha value is -4.76. The summed E-state index contributed by atoms with van der Waals surface area (Å²) in [5, 5.41) is 19.8. The van der Waals surface area contributed by atoms with E-state index < -0.39 is 42.3 Å². The van der Waals surface area contributed by atoms with Crippen LogP contribution in [0.25, 0.3) is 0 Å². The Morgan fingerprint density at radius 1 is 0.881 bits per heavy atom. The van der Waals surface area contributed by atoms with Crippen LogP contribution in [0.1, 0.15) is 41.7 Å². The lowest BCUT2D eigenvalue weighted by Gasteiger charge is -2.48. The van der Waals surface area contributed by atoms with E-state index >= 15 is 0 Å². The van der Waals surface area contributed by atoms with Gasteiger partial charge in [0.2, 0.25) is 5.91 Å². The maximum Gasteiger partial charge on any atom is 0.341 e. The van der Waals surface area contributed by atoms with Gasteiger partial charge in [0.15, 0.2) is 6.61 Å². The summed E-state index contributed by atoms with van der Waals surface area (Å²) in [4.78, 5) is 26.2. The van der Waals surface area contributed by atoms with Crippen molar-refractivity contribution in [2.24, 2.45) is 5.92 Å². The highest BCUT2D eigenvalue weighted by atomic mass is 19.1. The molecule has 0 aliphatic carbocycles. The number of carboxylic acid groups (broad SMARTS) is 1. The first-order valence-corrected chi connectivity index (χ1v) is 13.5. The van der Waals surface area contributed by atoms with Gasteiger partial charge in [0.25, 0.3) is 0 Å². The van der Waals surface area contributed by atoms with Crippen molar-refractivity contribution in [3.05, 3.63) is 125 Å². The van der Waals surface area contributed by atoms with Gasteiger partial charge in [-0.25, -0.2) is 13.6 Å². The fraction of sp³-hybridized carbons (Fsp3) is 0.212. The summed E-state index contributed by atoms with van der Waals surface area (Å²) >= 11 is 0. The molecule has 7 nitrogen and oxygen atoms in total. The third-order valence-corrected chi connectivity index (χ3v) is 7.23. The van der Waals surface area contributed by atoms with E-state index in [1.165, 1.54) is 48.5 Å². The number of nitrogens with zero attached hydrogens (tertiary/aromatic N) is 1. The zero-order chi connectivity index (χ0) is 29.6. The molecule has 0 bridgehead atoms. The Kier molecular flexibility index (Phi) is 8.78. The number of aliphatic carboxylic acids is 1. The molecule has 2 N–H and O–H groups in total. The summed E-state index contributed by atoms with van der Waals surface area (Å²) in [6.45, 7) is -0.327. The monoisotopic (exact) mass is 573 g/mol. The van der Waals surface area contributed by atoms with Gasteiger partial charge in [-0.15, -0.1) is 0 Å². The fourth-order valence-corrected chi connectivity index (χ4v) is 5.12. The fourth-order valence-electron chi connectivity index (χ4n) is 5.12. The highest BCUT2D eigenvalue weighted by Gasteiger charge is 2.49. The van der Waals surface area contributed by atoms with Crippen molar-refractivity contribution in [1.82, 2.24) is 0 Å². The van der Waals surface area contributed by atoms with E-state index in [4.69, 9.17) is 14.6 Å². The number of rotatable bonds is 12. The normalized spacial score (nSPS) is 16.9. The summed E-state index contributed by atoms with van der Waals surface area (Å²) in [6.07, 6.45) is -0.343. The summed E-state index contributed by atoms with van der Waals surface area (Å²) in [6, 6.07) is 25.1. The quantitative estimate of drug-likeness (QED) is 0.195. The first kappa shape index (κ1) is 28.8. The van der Waals surface area contributed by atoms with Crippen molar-refractivity contribution in [3.63, 3.8) is 0 Å². The largest absolute Gasteiger partial charge is 0.488 e. The predicted molar refractivity (Wildman–Crippen MR) is 151 cm³/mol. The molecule has 4 aromatic rings. The minimum Gasteiger partial charge on any atom is -0.488 e. The molecule has 216 valence electrons. The summed E-state index contributed by atoms with van der Waals surface area (Å²) < 4.78 is 38.7. The zero-order valence-electron chi connectivity index (χ0n) is 22.5. The Morgan fingerprint density at radius 2 is 1.55 bits per heavy atom. The number of ether oxygens (including phenoxy) is 2. The maximum atomic E-state index is 13.7. The number of aliphatic hydroxyl groups excluding tert-OH is 1. The first-order valence-electron chi connectivity index (χ1n) is 13.5. The van der Waals surface area contributed by atoms with E-state index in [1.54, 1.807) is 23.1 Å². The molecular formula is C33H29F2NO6. The van der Waals surface area contributed by atoms with Crippen molar-refractivity contribution in [2.45, 2.75) is 31.6 Å². The highest BCUT2D eigenvalue weighted by Crippen LogP contribution is 2.49. The van der Waals surface area contributed by atoms with Crippen LogP contribution in [0.4, 0.5) is 14.5 Å². The van der Waals surface area contributed by atoms with Crippen LogP contribution in [0, 0.1) is 17.6 Å². The standard InChI is InChI=1S/C33H29F2NO6/c34-23-8-6-22(7-9-23)29(37)17-16-28-32(36(33(28)40)25-12-10-24(35)11-13-25)27-15-14-26(41-20-31(38)39)18-30(27)42-19-21-4-2-1-3-5-21/h1-15,18,28-29,32,37H,16-17,19-20H2,(H,38,39)/t28-,29+,32-/m1/s1. The molecule has 9 heteroatoms. The molecule has 5 rings (SSSR count).